The highest BCUT2D eigenvalue weighted by Gasteiger charge is 2.13. The summed E-state index contributed by atoms with van der Waals surface area (Å²) in [6, 6.07) is 3.62. The van der Waals surface area contributed by atoms with Crippen LogP contribution in [0.25, 0.3) is 0 Å². The Bertz CT molecular complexity index is 313. The molecule has 1 aromatic rings. The van der Waals surface area contributed by atoms with Gasteiger partial charge in [-0.2, -0.15) is 0 Å². The van der Waals surface area contributed by atoms with E-state index in [-0.39, 0.29) is 0 Å². The zero-order chi connectivity index (χ0) is 10.5. The fourth-order valence-corrected chi connectivity index (χ4v) is 1.88. The van der Waals surface area contributed by atoms with Crippen LogP contribution in [0.2, 0.25) is 5.02 Å². The first-order chi connectivity index (χ1) is 7.34. The molecule has 0 spiro atoms. The second-order valence-corrected chi connectivity index (χ2v) is 4.16. The van der Waals surface area contributed by atoms with Crippen LogP contribution in [0.15, 0.2) is 18.3 Å². The van der Waals surface area contributed by atoms with Gasteiger partial charge in [-0.3, -0.25) is 4.98 Å². The van der Waals surface area contributed by atoms with Crippen LogP contribution in [-0.2, 0) is 11.3 Å². The van der Waals surface area contributed by atoms with Crippen LogP contribution in [0.1, 0.15) is 18.5 Å². The quantitative estimate of drug-likeness (QED) is 0.856. The van der Waals surface area contributed by atoms with Crippen molar-refractivity contribution in [3.8, 4) is 0 Å². The van der Waals surface area contributed by atoms with Gasteiger partial charge < -0.3 is 10.1 Å². The third-order valence-corrected chi connectivity index (χ3v) is 2.77. The van der Waals surface area contributed by atoms with Crippen molar-refractivity contribution in [2.75, 3.05) is 13.1 Å². The maximum absolute atomic E-state index is 5.86. The summed E-state index contributed by atoms with van der Waals surface area (Å²) < 4.78 is 5.76. The lowest BCUT2D eigenvalue weighted by Gasteiger charge is -2.22. The van der Waals surface area contributed by atoms with Crippen LogP contribution in [0, 0.1) is 0 Å². The van der Waals surface area contributed by atoms with Crippen molar-refractivity contribution in [3.05, 3.63) is 29.0 Å². The van der Waals surface area contributed by atoms with Gasteiger partial charge in [0, 0.05) is 11.2 Å². The molecule has 1 aliphatic heterocycles. The molecule has 0 atom stereocenters. The standard InChI is InChI=1S/C11H15ClN2O/c12-9-1-6-14-10(7-9)8-15-11-2-4-13-5-3-11/h1,6-7,11,13H,2-5,8H2. The summed E-state index contributed by atoms with van der Waals surface area (Å²) >= 11 is 5.86. The third-order valence-electron chi connectivity index (χ3n) is 2.53. The van der Waals surface area contributed by atoms with Crippen LogP contribution < -0.4 is 5.32 Å². The van der Waals surface area contributed by atoms with Crippen LogP contribution in [0.4, 0.5) is 0 Å². The van der Waals surface area contributed by atoms with Gasteiger partial charge in [0.05, 0.1) is 18.4 Å². The Labute approximate surface area is 94.8 Å². The lowest BCUT2D eigenvalue weighted by Crippen LogP contribution is -2.32. The minimum absolute atomic E-state index is 0.368. The first-order valence-electron chi connectivity index (χ1n) is 5.27. The average molecular weight is 227 g/mol. The average Bonchev–Trinajstić information content (AvgIpc) is 2.28. The molecule has 0 saturated carbocycles. The number of nitrogens with one attached hydrogen (secondary N) is 1. The SMILES string of the molecule is Clc1ccnc(COC2CCNCC2)c1. The van der Waals surface area contributed by atoms with Gasteiger partial charge in [0.25, 0.3) is 0 Å². The Balaban J connectivity index is 1.81. The lowest BCUT2D eigenvalue weighted by atomic mass is 10.1. The first kappa shape index (κ1) is 10.9. The Morgan fingerprint density at radius 3 is 3.00 bits per heavy atom. The Morgan fingerprint density at radius 2 is 2.27 bits per heavy atom. The molecule has 2 heterocycles. The number of rotatable bonds is 3. The van der Waals surface area contributed by atoms with Gasteiger partial charge >= 0.3 is 0 Å². The molecule has 0 aliphatic carbocycles. The molecule has 0 unspecified atom stereocenters. The van der Waals surface area contributed by atoms with E-state index in [0.29, 0.717) is 17.7 Å². The summed E-state index contributed by atoms with van der Waals surface area (Å²) in [5.74, 6) is 0. The lowest BCUT2D eigenvalue weighted by molar-refractivity contribution is 0.0196. The van der Waals surface area contributed by atoms with E-state index in [9.17, 15) is 0 Å². The third kappa shape index (κ3) is 3.45. The first-order valence-corrected chi connectivity index (χ1v) is 5.65. The Hall–Kier alpha value is -0.640. The summed E-state index contributed by atoms with van der Waals surface area (Å²) in [6.07, 6.45) is 4.25. The molecule has 82 valence electrons. The van der Waals surface area contributed by atoms with E-state index >= 15 is 0 Å². The molecule has 4 heteroatoms. The number of hydrogen-bond donors (Lipinski definition) is 1. The van der Waals surface area contributed by atoms with Crippen molar-refractivity contribution in [2.24, 2.45) is 0 Å². The van der Waals surface area contributed by atoms with Crippen molar-refractivity contribution in [1.82, 2.24) is 10.3 Å². The number of nitrogens with zero attached hydrogens (tertiary/aromatic N) is 1. The van der Waals surface area contributed by atoms with Crippen LogP contribution >= 0.6 is 11.6 Å². The smallest absolute Gasteiger partial charge is 0.0892 e. The van der Waals surface area contributed by atoms with Crippen LogP contribution in [-0.4, -0.2) is 24.2 Å². The van der Waals surface area contributed by atoms with E-state index in [0.717, 1.165) is 31.6 Å². The maximum atomic E-state index is 5.86. The molecule has 0 radical (unpaired) electrons. The minimum Gasteiger partial charge on any atom is -0.372 e. The van der Waals surface area contributed by atoms with E-state index in [1.807, 2.05) is 6.07 Å². The molecule has 0 aromatic carbocycles. The molecule has 1 N–H and O–H groups in total. The topological polar surface area (TPSA) is 34.1 Å². The van der Waals surface area contributed by atoms with Crippen molar-refractivity contribution in [1.29, 1.82) is 0 Å². The zero-order valence-electron chi connectivity index (χ0n) is 8.58. The minimum atomic E-state index is 0.368. The van der Waals surface area contributed by atoms with Crippen molar-refractivity contribution in [3.63, 3.8) is 0 Å². The molecule has 15 heavy (non-hydrogen) atoms. The van der Waals surface area contributed by atoms with Crippen molar-refractivity contribution < 1.29 is 4.74 Å². The summed E-state index contributed by atoms with van der Waals surface area (Å²) in [5.41, 5.74) is 0.904. The van der Waals surface area contributed by atoms with Gasteiger partial charge in [0.1, 0.15) is 0 Å². The van der Waals surface area contributed by atoms with Gasteiger partial charge in [-0.15, -0.1) is 0 Å². The van der Waals surface area contributed by atoms with Gasteiger partial charge in [0.15, 0.2) is 0 Å². The molecule has 1 fully saturated rings. The molecule has 1 saturated heterocycles. The number of hydrogen-bond acceptors (Lipinski definition) is 3. The van der Waals surface area contributed by atoms with E-state index in [1.165, 1.54) is 0 Å². The number of halogens is 1. The number of aromatic nitrogens is 1. The highest BCUT2D eigenvalue weighted by molar-refractivity contribution is 6.30. The predicted molar refractivity (Wildman–Crippen MR) is 59.9 cm³/mol. The summed E-state index contributed by atoms with van der Waals surface area (Å²) in [7, 11) is 0. The second kappa shape index (κ2) is 5.45. The van der Waals surface area contributed by atoms with Crippen LogP contribution in [0.3, 0.4) is 0 Å². The molecule has 0 amide bonds. The summed E-state index contributed by atoms with van der Waals surface area (Å²) in [4.78, 5) is 4.20. The van der Waals surface area contributed by atoms with E-state index < -0.39 is 0 Å². The number of piperidine rings is 1. The van der Waals surface area contributed by atoms with Gasteiger partial charge in [-0.1, -0.05) is 11.6 Å². The highest BCUT2D eigenvalue weighted by Crippen LogP contribution is 2.12. The van der Waals surface area contributed by atoms with E-state index in [2.05, 4.69) is 10.3 Å². The molecule has 1 aromatic heterocycles. The van der Waals surface area contributed by atoms with Gasteiger partial charge in [-0.05, 0) is 38.1 Å². The molecule has 0 bridgehead atoms. The van der Waals surface area contributed by atoms with Crippen molar-refractivity contribution in [2.45, 2.75) is 25.6 Å². The highest BCUT2D eigenvalue weighted by atomic mass is 35.5. The molecular formula is C11H15ClN2O. The van der Waals surface area contributed by atoms with E-state index in [4.69, 9.17) is 16.3 Å². The fourth-order valence-electron chi connectivity index (χ4n) is 1.69. The van der Waals surface area contributed by atoms with Crippen LogP contribution in [0.5, 0.6) is 0 Å². The normalized spacial score (nSPS) is 17.9. The number of ether oxygens (including phenoxy) is 1. The molecule has 2 rings (SSSR count). The zero-order valence-corrected chi connectivity index (χ0v) is 9.33. The van der Waals surface area contributed by atoms with E-state index in [1.54, 1.807) is 12.3 Å². The summed E-state index contributed by atoms with van der Waals surface area (Å²) in [5, 5.41) is 4.02. The monoisotopic (exact) mass is 226 g/mol. The fraction of sp³-hybridized carbons (Fsp3) is 0.545. The van der Waals surface area contributed by atoms with Crippen molar-refractivity contribution >= 4 is 11.6 Å². The Kier molecular flexibility index (Phi) is 3.94. The molecule has 3 nitrogen and oxygen atoms in total. The number of pyridine rings is 1. The second-order valence-electron chi connectivity index (χ2n) is 3.73. The molecule has 1 aliphatic rings. The maximum Gasteiger partial charge on any atom is 0.0892 e. The van der Waals surface area contributed by atoms with Gasteiger partial charge in [-0.25, -0.2) is 0 Å². The predicted octanol–water partition coefficient (Wildman–Crippen LogP) is 2.00. The Morgan fingerprint density at radius 1 is 1.47 bits per heavy atom. The van der Waals surface area contributed by atoms with Gasteiger partial charge in [0.2, 0.25) is 0 Å². The largest absolute Gasteiger partial charge is 0.372 e. The summed E-state index contributed by atoms with van der Waals surface area (Å²) in [6.45, 7) is 2.66. The molecular weight excluding hydrogens is 212 g/mol.